The highest BCUT2D eigenvalue weighted by Gasteiger charge is 2.30. The van der Waals surface area contributed by atoms with Crippen molar-refractivity contribution in [3.63, 3.8) is 0 Å². The normalized spacial score (nSPS) is 25.7. The zero-order valence-electron chi connectivity index (χ0n) is 7.66. The van der Waals surface area contributed by atoms with Crippen molar-refractivity contribution >= 4 is 5.78 Å². The number of hydrogen-bond donors (Lipinski definition) is 1. The summed E-state index contributed by atoms with van der Waals surface area (Å²) < 4.78 is 0. The number of nitrogens with two attached hydrogens (primary N) is 1. The number of carbonyl (C=O) groups is 1. The molecule has 0 radical (unpaired) electrons. The average molecular weight is 175 g/mol. The van der Waals surface area contributed by atoms with Crippen LogP contribution in [0.25, 0.3) is 0 Å². The highest BCUT2D eigenvalue weighted by molar-refractivity contribution is 5.84. The lowest BCUT2D eigenvalue weighted by Gasteiger charge is -2.05. The maximum absolute atomic E-state index is 11.3. The first-order chi connectivity index (χ1) is 6.20. The molecule has 0 spiro atoms. The Balaban J connectivity index is 2.47. The van der Waals surface area contributed by atoms with Crippen LogP contribution in [0.1, 0.15) is 36.4 Å². The number of ketones is 1. The van der Waals surface area contributed by atoms with Crippen molar-refractivity contribution in [3.05, 3.63) is 35.4 Å². The van der Waals surface area contributed by atoms with Gasteiger partial charge in [-0.05, 0) is 24.5 Å². The molecule has 0 bridgehead atoms. The van der Waals surface area contributed by atoms with Crippen LogP contribution in [-0.4, -0.2) is 5.78 Å². The Morgan fingerprint density at radius 3 is 2.62 bits per heavy atom. The molecule has 0 saturated heterocycles. The lowest BCUT2D eigenvalue weighted by molar-refractivity contribution is -0.118. The highest BCUT2D eigenvalue weighted by atomic mass is 16.1. The summed E-state index contributed by atoms with van der Waals surface area (Å²) in [6.45, 7) is 1.64. The molecule has 0 aliphatic heterocycles. The number of benzene rings is 1. The third kappa shape index (κ3) is 1.27. The first-order valence-corrected chi connectivity index (χ1v) is 4.55. The number of carbonyl (C=O) groups excluding carboxylic acids is 1. The molecule has 2 N–H and O–H groups in total. The van der Waals surface area contributed by atoms with Crippen LogP contribution in [0.2, 0.25) is 0 Å². The quantitative estimate of drug-likeness (QED) is 0.706. The minimum absolute atomic E-state index is 0.0335. The van der Waals surface area contributed by atoms with E-state index in [0.717, 1.165) is 17.5 Å². The predicted octanol–water partition coefficient (Wildman–Crippen LogP) is 1.76. The molecule has 0 fully saturated rings. The molecule has 2 rings (SSSR count). The monoisotopic (exact) mass is 175 g/mol. The number of rotatable bonds is 1. The zero-order valence-corrected chi connectivity index (χ0v) is 7.66. The van der Waals surface area contributed by atoms with Crippen LogP contribution in [-0.2, 0) is 4.79 Å². The third-order valence-corrected chi connectivity index (χ3v) is 2.75. The van der Waals surface area contributed by atoms with Gasteiger partial charge in [0, 0.05) is 12.0 Å². The summed E-state index contributed by atoms with van der Waals surface area (Å²) in [6, 6.07) is 8.01. The molecule has 1 aromatic carbocycles. The van der Waals surface area contributed by atoms with E-state index < -0.39 is 0 Å². The largest absolute Gasteiger partial charge is 0.324 e. The van der Waals surface area contributed by atoms with Crippen molar-refractivity contribution in [3.8, 4) is 0 Å². The van der Waals surface area contributed by atoms with Crippen molar-refractivity contribution in [1.82, 2.24) is 0 Å². The van der Waals surface area contributed by atoms with Crippen molar-refractivity contribution in [1.29, 1.82) is 0 Å². The average Bonchev–Trinajstić information content (AvgIpc) is 2.45. The van der Waals surface area contributed by atoms with Crippen LogP contribution in [0.5, 0.6) is 0 Å². The fourth-order valence-electron chi connectivity index (χ4n) is 2.06. The van der Waals surface area contributed by atoms with E-state index in [1.165, 1.54) is 0 Å². The van der Waals surface area contributed by atoms with Crippen LogP contribution in [0.3, 0.4) is 0 Å². The smallest absolute Gasteiger partial charge is 0.137 e. The maximum atomic E-state index is 11.3. The Kier molecular flexibility index (Phi) is 1.93. The van der Waals surface area contributed by atoms with Crippen LogP contribution >= 0.6 is 0 Å². The van der Waals surface area contributed by atoms with Crippen LogP contribution in [0.4, 0.5) is 0 Å². The lowest BCUT2D eigenvalue weighted by Crippen LogP contribution is -2.08. The minimum Gasteiger partial charge on any atom is -0.324 e. The second-order valence-corrected chi connectivity index (χ2v) is 3.63. The van der Waals surface area contributed by atoms with E-state index in [9.17, 15) is 4.79 Å². The van der Waals surface area contributed by atoms with Crippen LogP contribution < -0.4 is 5.73 Å². The van der Waals surface area contributed by atoms with Gasteiger partial charge in [0.1, 0.15) is 5.78 Å². The van der Waals surface area contributed by atoms with E-state index in [1.807, 2.05) is 24.3 Å². The van der Waals surface area contributed by atoms with Gasteiger partial charge in [0.15, 0.2) is 0 Å². The number of fused-ring (bicyclic) bond motifs is 1. The van der Waals surface area contributed by atoms with Gasteiger partial charge >= 0.3 is 0 Å². The summed E-state index contributed by atoms with van der Waals surface area (Å²) in [6.07, 6.45) is 0.772. The Morgan fingerprint density at radius 2 is 2.00 bits per heavy atom. The van der Waals surface area contributed by atoms with Crippen LogP contribution in [0.15, 0.2) is 24.3 Å². The Labute approximate surface area is 77.8 Å². The highest BCUT2D eigenvalue weighted by Crippen LogP contribution is 2.38. The van der Waals surface area contributed by atoms with Gasteiger partial charge in [-0.15, -0.1) is 0 Å². The molecule has 0 aromatic heterocycles. The molecular formula is C11H13NO. The third-order valence-electron chi connectivity index (χ3n) is 2.75. The SMILES string of the molecule is CC(=O)[C@H]1C[C@@H](N)c2ccccc21. The molecule has 2 nitrogen and oxygen atoms in total. The van der Waals surface area contributed by atoms with E-state index in [2.05, 4.69) is 0 Å². The molecule has 0 saturated carbocycles. The predicted molar refractivity (Wildman–Crippen MR) is 51.4 cm³/mol. The Morgan fingerprint density at radius 1 is 1.38 bits per heavy atom. The molecular weight excluding hydrogens is 162 g/mol. The summed E-state index contributed by atoms with van der Waals surface area (Å²) in [7, 11) is 0. The van der Waals surface area contributed by atoms with Crippen LogP contribution in [0, 0.1) is 0 Å². The molecule has 0 unspecified atom stereocenters. The molecule has 1 aliphatic rings. The topological polar surface area (TPSA) is 43.1 Å². The second-order valence-electron chi connectivity index (χ2n) is 3.63. The van der Waals surface area contributed by atoms with E-state index in [0.29, 0.717) is 0 Å². The maximum Gasteiger partial charge on any atom is 0.137 e. The van der Waals surface area contributed by atoms with Gasteiger partial charge in [-0.25, -0.2) is 0 Å². The van der Waals surface area contributed by atoms with Crippen molar-refractivity contribution < 1.29 is 4.79 Å². The van der Waals surface area contributed by atoms with Gasteiger partial charge in [-0.3, -0.25) is 4.79 Å². The van der Waals surface area contributed by atoms with Gasteiger partial charge in [0.2, 0.25) is 0 Å². The summed E-state index contributed by atoms with van der Waals surface area (Å²) >= 11 is 0. The molecule has 13 heavy (non-hydrogen) atoms. The van der Waals surface area contributed by atoms with E-state index in [4.69, 9.17) is 5.73 Å². The molecule has 2 atom stereocenters. The van der Waals surface area contributed by atoms with E-state index in [-0.39, 0.29) is 17.7 Å². The fourth-order valence-corrected chi connectivity index (χ4v) is 2.06. The van der Waals surface area contributed by atoms with Crippen molar-refractivity contribution in [2.24, 2.45) is 5.73 Å². The zero-order chi connectivity index (χ0) is 9.42. The fraction of sp³-hybridized carbons (Fsp3) is 0.364. The summed E-state index contributed by atoms with van der Waals surface area (Å²) in [4.78, 5) is 11.3. The molecule has 0 heterocycles. The molecule has 1 aliphatic carbocycles. The summed E-state index contributed by atoms with van der Waals surface area (Å²) in [5.41, 5.74) is 8.19. The molecule has 2 heteroatoms. The van der Waals surface area contributed by atoms with E-state index in [1.54, 1.807) is 6.92 Å². The standard InChI is InChI=1S/C11H13NO/c1-7(13)10-6-11(12)9-5-3-2-4-8(9)10/h2-5,10-11H,6,12H2,1H3/t10-,11-/m1/s1. The second kappa shape index (κ2) is 2.96. The van der Waals surface area contributed by atoms with Gasteiger partial charge in [0.05, 0.1) is 0 Å². The first kappa shape index (κ1) is 8.45. The number of Topliss-reactive ketones (excluding diaryl/α,β-unsaturated/α-hetero) is 1. The van der Waals surface area contributed by atoms with E-state index >= 15 is 0 Å². The molecule has 1 aromatic rings. The summed E-state index contributed by atoms with van der Waals surface area (Å²) in [5.74, 6) is 0.256. The Bertz CT molecular complexity index is 346. The molecule has 0 amide bonds. The lowest BCUT2D eigenvalue weighted by atomic mass is 9.98. The van der Waals surface area contributed by atoms with Crippen molar-refractivity contribution in [2.45, 2.75) is 25.3 Å². The molecule has 68 valence electrons. The van der Waals surface area contributed by atoms with Gasteiger partial charge < -0.3 is 5.73 Å². The van der Waals surface area contributed by atoms with Crippen molar-refractivity contribution in [2.75, 3.05) is 0 Å². The first-order valence-electron chi connectivity index (χ1n) is 4.55. The minimum atomic E-state index is 0.0335. The summed E-state index contributed by atoms with van der Waals surface area (Å²) in [5, 5.41) is 0. The number of hydrogen-bond acceptors (Lipinski definition) is 2. The Hall–Kier alpha value is -1.15. The van der Waals surface area contributed by atoms with Gasteiger partial charge in [-0.1, -0.05) is 24.3 Å². The van der Waals surface area contributed by atoms with Gasteiger partial charge in [-0.2, -0.15) is 0 Å². The van der Waals surface area contributed by atoms with Gasteiger partial charge in [0.25, 0.3) is 0 Å².